The summed E-state index contributed by atoms with van der Waals surface area (Å²) in [5, 5.41) is 3.97. The number of amides is 1. The smallest absolute Gasteiger partial charge is 0.337 e. The van der Waals surface area contributed by atoms with E-state index >= 15 is 0 Å². The summed E-state index contributed by atoms with van der Waals surface area (Å²) in [7, 11) is 3.17. The van der Waals surface area contributed by atoms with Gasteiger partial charge in [-0.2, -0.15) is 18.3 Å². The van der Waals surface area contributed by atoms with Crippen LogP contribution in [-0.2, 0) is 19.8 Å². The van der Waals surface area contributed by atoms with Gasteiger partial charge in [0.05, 0.1) is 17.3 Å². The highest BCUT2D eigenvalue weighted by molar-refractivity contribution is 5.94. The zero-order chi connectivity index (χ0) is 16.5. The van der Waals surface area contributed by atoms with Crippen molar-refractivity contribution in [2.45, 2.75) is 19.6 Å². The number of carbonyl (C=O) groups excluding carboxylic acids is 1. The Morgan fingerprint density at radius 3 is 2.50 bits per heavy atom. The van der Waals surface area contributed by atoms with Gasteiger partial charge in [-0.1, -0.05) is 18.2 Å². The van der Waals surface area contributed by atoms with Crippen molar-refractivity contribution in [2.75, 3.05) is 7.05 Å². The number of aryl methyl sites for hydroxylation is 1. The van der Waals surface area contributed by atoms with E-state index in [1.165, 1.54) is 36.3 Å². The van der Waals surface area contributed by atoms with Gasteiger partial charge < -0.3 is 4.90 Å². The van der Waals surface area contributed by atoms with Crippen molar-refractivity contribution in [3.63, 3.8) is 0 Å². The Morgan fingerprint density at radius 2 is 1.95 bits per heavy atom. The van der Waals surface area contributed by atoms with Crippen LogP contribution in [0.4, 0.5) is 13.2 Å². The van der Waals surface area contributed by atoms with Crippen LogP contribution in [0.3, 0.4) is 0 Å². The lowest BCUT2D eigenvalue weighted by atomic mass is 10.1. The molecule has 0 unspecified atom stereocenters. The van der Waals surface area contributed by atoms with E-state index in [1.54, 1.807) is 18.7 Å². The largest absolute Gasteiger partial charge is 0.416 e. The summed E-state index contributed by atoms with van der Waals surface area (Å²) in [6.07, 6.45) is -3.02. The van der Waals surface area contributed by atoms with E-state index in [0.29, 0.717) is 11.3 Å². The number of hydrogen-bond acceptors (Lipinski definition) is 2. The Kier molecular flexibility index (Phi) is 4.25. The SMILES string of the molecule is Cc1c(C(=O)N(C)Cc2ccccc2C(F)(F)F)cnn1C. The molecule has 1 heterocycles. The molecule has 0 saturated carbocycles. The summed E-state index contributed by atoms with van der Waals surface area (Å²) in [5.74, 6) is -0.359. The quantitative estimate of drug-likeness (QED) is 0.874. The van der Waals surface area contributed by atoms with Gasteiger partial charge in [0.1, 0.15) is 0 Å². The number of hydrogen-bond donors (Lipinski definition) is 0. The first-order valence-electron chi connectivity index (χ1n) is 6.61. The van der Waals surface area contributed by atoms with Crippen LogP contribution in [0.15, 0.2) is 30.5 Å². The van der Waals surface area contributed by atoms with E-state index in [4.69, 9.17) is 0 Å². The van der Waals surface area contributed by atoms with Gasteiger partial charge in [0, 0.05) is 26.3 Å². The zero-order valence-corrected chi connectivity index (χ0v) is 12.5. The lowest BCUT2D eigenvalue weighted by Gasteiger charge is -2.20. The van der Waals surface area contributed by atoms with E-state index in [9.17, 15) is 18.0 Å². The summed E-state index contributed by atoms with van der Waals surface area (Å²) in [4.78, 5) is 13.6. The molecule has 7 heteroatoms. The number of rotatable bonds is 3. The van der Waals surface area contributed by atoms with Crippen LogP contribution in [0.2, 0.25) is 0 Å². The highest BCUT2D eigenvalue weighted by Gasteiger charge is 2.33. The lowest BCUT2D eigenvalue weighted by molar-refractivity contribution is -0.138. The fraction of sp³-hybridized carbons (Fsp3) is 0.333. The molecular weight excluding hydrogens is 295 g/mol. The molecule has 1 aromatic heterocycles. The minimum Gasteiger partial charge on any atom is -0.337 e. The molecule has 0 aliphatic rings. The molecule has 4 nitrogen and oxygen atoms in total. The molecule has 0 fully saturated rings. The van der Waals surface area contributed by atoms with E-state index in [1.807, 2.05) is 0 Å². The fourth-order valence-corrected chi connectivity index (χ4v) is 2.18. The van der Waals surface area contributed by atoms with Crippen molar-refractivity contribution >= 4 is 5.91 Å². The highest BCUT2D eigenvalue weighted by Crippen LogP contribution is 2.32. The Balaban J connectivity index is 2.25. The van der Waals surface area contributed by atoms with Crippen molar-refractivity contribution in [1.29, 1.82) is 0 Å². The molecule has 2 rings (SSSR count). The van der Waals surface area contributed by atoms with Crippen LogP contribution in [0.1, 0.15) is 27.2 Å². The molecule has 0 spiro atoms. The molecule has 0 aliphatic carbocycles. The second kappa shape index (κ2) is 5.82. The third kappa shape index (κ3) is 3.13. The number of benzene rings is 1. The Morgan fingerprint density at radius 1 is 1.32 bits per heavy atom. The van der Waals surface area contributed by atoms with Crippen LogP contribution in [-0.4, -0.2) is 27.6 Å². The van der Waals surface area contributed by atoms with Gasteiger partial charge in [-0.15, -0.1) is 0 Å². The molecular formula is C15H16F3N3O. The van der Waals surface area contributed by atoms with Crippen LogP contribution in [0, 0.1) is 6.92 Å². The molecule has 1 aromatic carbocycles. The van der Waals surface area contributed by atoms with Gasteiger partial charge in [-0.05, 0) is 18.6 Å². The number of nitrogens with zero attached hydrogens (tertiary/aromatic N) is 3. The maximum absolute atomic E-state index is 13.0. The average molecular weight is 311 g/mol. The zero-order valence-electron chi connectivity index (χ0n) is 12.5. The first-order valence-corrected chi connectivity index (χ1v) is 6.61. The first kappa shape index (κ1) is 16.1. The molecule has 1 amide bonds. The van der Waals surface area contributed by atoms with Gasteiger partial charge in [0.25, 0.3) is 5.91 Å². The lowest BCUT2D eigenvalue weighted by Crippen LogP contribution is -2.27. The van der Waals surface area contributed by atoms with Crippen LogP contribution < -0.4 is 0 Å². The molecule has 0 radical (unpaired) electrons. The van der Waals surface area contributed by atoms with E-state index < -0.39 is 11.7 Å². The summed E-state index contributed by atoms with van der Waals surface area (Å²) in [6.45, 7) is 1.61. The van der Waals surface area contributed by atoms with Crippen LogP contribution in [0.25, 0.3) is 0 Å². The second-order valence-corrected chi connectivity index (χ2v) is 5.08. The molecule has 0 N–H and O–H groups in total. The normalized spacial score (nSPS) is 11.5. The average Bonchev–Trinajstić information content (AvgIpc) is 2.77. The molecule has 0 saturated heterocycles. The Labute approximate surface area is 126 Å². The first-order chi connectivity index (χ1) is 10.2. The maximum atomic E-state index is 13.0. The van der Waals surface area contributed by atoms with Crippen molar-refractivity contribution < 1.29 is 18.0 Å². The summed E-state index contributed by atoms with van der Waals surface area (Å²) < 4.78 is 40.5. The van der Waals surface area contributed by atoms with Crippen molar-refractivity contribution in [1.82, 2.24) is 14.7 Å². The third-order valence-electron chi connectivity index (χ3n) is 3.54. The summed E-state index contributed by atoms with van der Waals surface area (Å²) >= 11 is 0. The number of aromatic nitrogens is 2. The predicted molar refractivity (Wildman–Crippen MR) is 75.2 cm³/mol. The van der Waals surface area contributed by atoms with E-state index in [2.05, 4.69) is 5.10 Å². The van der Waals surface area contributed by atoms with Gasteiger partial charge in [-0.25, -0.2) is 0 Å². The van der Waals surface area contributed by atoms with Crippen LogP contribution in [0.5, 0.6) is 0 Å². The molecule has 22 heavy (non-hydrogen) atoms. The Hall–Kier alpha value is -2.31. The van der Waals surface area contributed by atoms with E-state index in [0.717, 1.165) is 6.07 Å². The van der Waals surface area contributed by atoms with Crippen molar-refractivity contribution in [3.05, 3.63) is 52.8 Å². The Bertz CT molecular complexity index is 692. The van der Waals surface area contributed by atoms with Crippen LogP contribution >= 0.6 is 0 Å². The van der Waals surface area contributed by atoms with Gasteiger partial charge in [0.2, 0.25) is 0 Å². The third-order valence-corrected chi connectivity index (χ3v) is 3.54. The monoisotopic (exact) mass is 311 g/mol. The fourth-order valence-electron chi connectivity index (χ4n) is 2.18. The van der Waals surface area contributed by atoms with Gasteiger partial charge in [-0.3, -0.25) is 9.48 Å². The summed E-state index contributed by atoms with van der Waals surface area (Å²) in [5.41, 5.74) is 0.389. The van der Waals surface area contributed by atoms with Gasteiger partial charge in [0.15, 0.2) is 0 Å². The summed E-state index contributed by atoms with van der Waals surface area (Å²) in [6, 6.07) is 5.25. The van der Waals surface area contributed by atoms with Crippen molar-refractivity contribution in [3.8, 4) is 0 Å². The minimum absolute atomic E-state index is 0.0624. The number of carbonyl (C=O) groups is 1. The standard InChI is InChI=1S/C15H16F3N3O/c1-10-12(8-19-21(10)3)14(22)20(2)9-11-6-4-5-7-13(11)15(16,17)18/h4-8H,9H2,1-3H3. The topological polar surface area (TPSA) is 38.1 Å². The minimum atomic E-state index is -4.44. The molecule has 0 aliphatic heterocycles. The second-order valence-electron chi connectivity index (χ2n) is 5.08. The maximum Gasteiger partial charge on any atom is 0.416 e. The molecule has 0 atom stereocenters. The number of alkyl halides is 3. The predicted octanol–water partition coefficient (Wildman–Crippen LogP) is 3.02. The molecule has 118 valence electrons. The molecule has 2 aromatic rings. The van der Waals surface area contributed by atoms with E-state index in [-0.39, 0.29) is 18.0 Å². The molecule has 0 bridgehead atoms. The van der Waals surface area contributed by atoms with Crippen molar-refractivity contribution in [2.24, 2.45) is 7.05 Å². The highest BCUT2D eigenvalue weighted by atomic mass is 19.4. The van der Waals surface area contributed by atoms with Gasteiger partial charge >= 0.3 is 6.18 Å². The number of halogens is 3.